The van der Waals surface area contributed by atoms with Gasteiger partial charge in [0.25, 0.3) is 5.91 Å². The van der Waals surface area contributed by atoms with E-state index in [-0.39, 0.29) is 24.5 Å². The molecule has 1 saturated carbocycles. The first kappa shape index (κ1) is 25.1. The molecule has 1 aliphatic rings. The van der Waals surface area contributed by atoms with Crippen molar-refractivity contribution in [2.24, 2.45) is 0 Å². The molecule has 2 aromatic rings. The molecule has 0 aliphatic heterocycles. The van der Waals surface area contributed by atoms with Crippen LogP contribution in [0.25, 0.3) is 0 Å². The summed E-state index contributed by atoms with van der Waals surface area (Å²) in [5.41, 5.74) is 0.937. The van der Waals surface area contributed by atoms with Crippen LogP contribution in [-0.2, 0) is 16.1 Å². The molecule has 0 unspecified atom stereocenters. The van der Waals surface area contributed by atoms with Gasteiger partial charge in [-0.3, -0.25) is 9.59 Å². The molecule has 32 heavy (non-hydrogen) atoms. The van der Waals surface area contributed by atoms with Crippen LogP contribution in [0.2, 0.25) is 5.02 Å². The fourth-order valence-corrected chi connectivity index (χ4v) is 4.81. The first-order valence-electron chi connectivity index (χ1n) is 10.8. The fourth-order valence-electron chi connectivity index (χ4n) is 3.75. The number of benzene rings is 2. The SMILES string of the molecule is C[C@@H](C(=O)NC1CCCCC1)N(Cc1ccc(Br)cc1)C(=O)COc1ccc(Cl)cc1Br. The van der Waals surface area contributed by atoms with Gasteiger partial charge in [-0.1, -0.05) is 58.9 Å². The van der Waals surface area contributed by atoms with Crippen LogP contribution in [0.4, 0.5) is 0 Å². The molecule has 8 heteroatoms. The maximum Gasteiger partial charge on any atom is 0.261 e. The Hall–Kier alpha value is -1.57. The molecule has 0 aromatic heterocycles. The highest BCUT2D eigenvalue weighted by Gasteiger charge is 2.28. The van der Waals surface area contributed by atoms with Crippen molar-refractivity contribution in [1.29, 1.82) is 0 Å². The Labute approximate surface area is 211 Å². The van der Waals surface area contributed by atoms with Gasteiger partial charge in [-0.15, -0.1) is 0 Å². The van der Waals surface area contributed by atoms with E-state index in [4.69, 9.17) is 16.3 Å². The Balaban J connectivity index is 1.71. The molecule has 1 atom stereocenters. The molecule has 0 bridgehead atoms. The van der Waals surface area contributed by atoms with Gasteiger partial charge in [-0.05, 0) is 71.6 Å². The van der Waals surface area contributed by atoms with Gasteiger partial charge in [0.05, 0.1) is 4.47 Å². The standard InChI is InChI=1S/C24H27Br2ClN2O3/c1-16(24(31)28-20-5-3-2-4-6-20)29(14-17-7-9-18(25)10-8-17)23(30)15-32-22-12-11-19(27)13-21(22)26/h7-13,16,20H,2-6,14-15H2,1H3,(H,28,31)/t16-/m0/s1. The van der Waals surface area contributed by atoms with E-state index >= 15 is 0 Å². The molecular formula is C24H27Br2ClN2O3. The number of hydrogen-bond acceptors (Lipinski definition) is 3. The van der Waals surface area contributed by atoms with Gasteiger partial charge in [0.2, 0.25) is 5.91 Å². The second-order valence-corrected chi connectivity index (χ2v) is 10.2. The van der Waals surface area contributed by atoms with E-state index in [1.807, 2.05) is 24.3 Å². The highest BCUT2D eigenvalue weighted by Crippen LogP contribution is 2.28. The molecule has 2 aromatic carbocycles. The zero-order chi connectivity index (χ0) is 23.1. The number of carbonyl (C=O) groups is 2. The minimum Gasteiger partial charge on any atom is -0.483 e. The molecule has 1 fully saturated rings. The van der Waals surface area contributed by atoms with E-state index in [0.29, 0.717) is 21.8 Å². The number of hydrogen-bond donors (Lipinski definition) is 1. The quantitative estimate of drug-likeness (QED) is 0.406. The van der Waals surface area contributed by atoms with Crippen LogP contribution in [0.15, 0.2) is 51.4 Å². The first-order chi connectivity index (χ1) is 15.3. The van der Waals surface area contributed by atoms with Crippen LogP contribution in [-0.4, -0.2) is 35.4 Å². The lowest BCUT2D eigenvalue weighted by Crippen LogP contribution is -2.51. The molecule has 1 N–H and O–H groups in total. The number of nitrogens with one attached hydrogen (secondary N) is 1. The summed E-state index contributed by atoms with van der Waals surface area (Å²) in [4.78, 5) is 27.7. The molecule has 5 nitrogen and oxygen atoms in total. The van der Waals surface area contributed by atoms with Gasteiger partial charge < -0.3 is 15.0 Å². The van der Waals surface area contributed by atoms with Crippen molar-refractivity contribution >= 4 is 55.3 Å². The largest absolute Gasteiger partial charge is 0.483 e. The molecule has 1 aliphatic carbocycles. The number of nitrogens with zero attached hydrogens (tertiary/aromatic N) is 1. The lowest BCUT2D eigenvalue weighted by molar-refractivity contribution is -0.142. The minimum absolute atomic E-state index is 0.130. The highest BCUT2D eigenvalue weighted by atomic mass is 79.9. The molecule has 3 rings (SSSR count). The monoisotopic (exact) mass is 584 g/mol. The summed E-state index contributed by atoms with van der Waals surface area (Å²) in [7, 11) is 0. The van der Waals surface area contributed by atoms with Crippen LogP contribution in [0.1, 0.15) is 44.6 Å². The molecular weight excluding hydrogens is 560 g/mol. The predicted octanol–water partition coefficient (Wildman–Crippen LogP) is 6.11. The van der Waals surface area contributed by atoms with Crippen LogP contribution in [0.5, 0.6) is 5.75 Å². The average Bonchev–Trinajstić information content (AvgIpc) is 2.78. The average molecular weight is 587 g/mol. The summed E-state index contributed by atoms with van der Waals surface area (Å²) in [5.74, 6) is 0.127. The smallest absolute Gasteiger partial charge is 0.261 e. The molecule has 2 amide bonds. The third-order valence-corrected chi connectivity index (χ3v) is 7.01. The van der Waals surface area contributed by atoms with E-state index in [2.05, 4.69) is 37.2 Å². The zero-order valence-corrected chi connectivity index (χ0v) is 21.9. The zero-order valence-electron chi connectivity index (χ0n) is 18.0. The van der Waals surface area contributed by atoms with Crippen molar-refractivity contribution in [2.75, 3.05) is 6.61 Å². The summed E-state index contributed by atoms with van der Waals surface area (Å²) in [6, 6.07) is 12.4. The number of rotatable bonds is 8. The Morgan fingerprint density at radius 2 is 1.81 bits per heavy atom. The number of carbonyl (C=O) groups excluding carboxylic acids is 2. The maximum atomic E-state index is 13.2. The van der Waals surface area contributed by atoms with Crippen molar-refractivity contribution in [1.82, 2.24) is 10.2 Å². The van der Waals surface area contributed by atoms with Gasteiger partial charge in [0.1, 0.15) is 11.8 Å². The van der Waals surface area contributed by atoms with Crippen molar-refractivity contribution in [2.45, 2.75) is 57.7 Å². The molecule has 0 radical (unpaired) electrons. The van der Waals surface area contributed by atoms with Crippen LogP contribution in [0.3, 0.4) is 0 Å². The molecule has 172 valence electrons. The number of amides is 2. The van der Waals surface area contributed by atoms with Crippen LogP contribution in [0, 0.1) is 0 Å². The van der Waals surface area contributed by atoms with Crippen LogP contribution < -0.4 is 10.1 Å². The fraction of sp³-hybridized carbons (Fsp3) is 0.417. The lowest BCUT2D eigenvalue weighted by Gasteiger charge is -2.31. The molecule has 0 spiro atoms. The Morgan fingerprint density at radius 3 is 2.47 bits per heavy atom. The summed E-state index contributed by atoms with van der Waals surface area (Å²) in [6.07, 6.45) is 5.46. The van der Waals surface area contributed by atoms with Gasteiger partial charge in [-0.25, -0.2) is 0 Å². The topological polar surface area (TPSA) is 58.6 Å². The second kappa shape index (κ2) is 12.1. The summed E-state index contributed by atoms with van der Waals surface area (Å²) < 4.78 is 7.36. The molecule has 0 heterocycles. The Kier molecular flexibility index (Phi) is 9.44. The van der Waals surface area contributed by atoms with E-state index in [1.165, 1.54) is 6.42 Å². The second-order valence-electron chi connectivity index (χ2n) is 8.03. The van der Waals surface area contributed by atoms with E-state index < -0.39 is 6.04 Å². The summed E-state index contributed by atoms with van der Waals surface area (Å²) in [5, 5.41) is 3.70. The minimum atomic E-state index is -0.620. The van der Waals surface area contributed by atoms with Gasteiger partial charge >= 0.3 is 0 Å². The van der Waals surface area contributed by atoms with Gasteiger partial charge in [0, 0.05) is 22.1 Å². The Morgan fingerprint density at radius 1 is 1.12 bits per heavy atom. The lowest BCUT2D eigenvalue weighted by atomic mass is 9.95. The maximum absolute atomic E-state index is 13.2. The van der Waals surface area contributed by atoms with Crippen molar-refractivity contribution in [3.8, 4) is 5.75 Å². The first-order valence-corrected chi connectivity index (χ1v) is 12.7. The summed E-state index contributed by atoms with van der Waals surface area (Å²) in [6.45, 7) is 1.90. The van der Waals surface area contributed by atoms with Crippen LogP contribution >= 0.6 is 43.5 Å². The van der Waals surface area contributed by atoms with Gasteiger partial charge in [-0.2, -0.15) is 0 Å². The highest BCUT2D eigenvalue weighted by molar-refractivity contribution is 9.10. The van der Waals surface area contributed by atoms with Crippen molar-refractivity contribution in [3.63, 3.8) is 0 Å². The number of halogens is 3. The van der Waals surface area contributed by atoms with Crippen molar-refractivity contribution < 1.29 is 14.3 Å². The third-order valence-electron chi connectivity index (χ3n) is 5.63. The Bertz CT molecular complexity index is 933. The predicted molar refractivity (Wildman–Crippen MR) is 134 cm³/mol. The van der Waals surface area contributed by atoms with Gasteiger partial charge in [0.15, 0.2) is 6.61 Å². The van der Waals surface area contributed by atoms with E-state index in [0.717, 1.165) is 35.7 Å². The normalized spacial score (nSPS) is 15.1. The third kappa shape index (κ3) is 7.22. The van der Waals surface area contributed by atoms with E-state index in [1.54, 1.807) is 30.0 Å². The van der Waals surface area contributed by atoms with E-state index in [9.17, 15) is 9.59 Å². The van der Waals surface area contributed by atoms with Crippen molar-refractivity contribution in [3.05, 3.63) is 62.0 Å². The summed E-state index contributed by atoms with van der Waals surface area (Å²) >= 11 is 12.8. The molecule has 0 saturated heterocycles. The number of ether oxygens (including phenoxy) is 1.